The van der Waals surface area contributed by atoms with E-state index in [4.69, 9.17) is 5.53 Å². The van der Waals surface area contributed by atoms with Gasteiger partial charge in [0.05, 0.1) is 0 Å². The summed E-state index contributed by atoms with van der Waals surface area (Å²) in [4.78, 5) is 16.6. The molecule has 1 fully saturated rings. The topological polar surface area (TPSA) is 56.7 Å². The van der Waals surface area contributed by atoms with Crippen molar-refractivity contribution in [2.45, 2.75) is 64.5 Å². The van der Waals surface area contributed by atoms with Crippen LogP contribution in [-0.4, -0.2) is 33.4 Å². The predicted molar refractivity (Wildman–Crippen MR) is 63.2 cm³/mol. The average molecular weight is 223 g/mol. The number of hydrogen-bond donors (Lipinski definition) is 0. The van der Waals surface area contributed by atoms with E-state index in [-0.39, 0.29) is 11.4 Å². The van der Waals surface area contributed by atoms with Crippen LogP contribution in [0.2, 0.25) is 0 Å². The second-order valence-corrected chi connectivity index (χ2v) is 5.42. The molecule has 1 rings (SSSR count). The molecule has 1 saturated carbocycles. The number of hydrogen-bond acceptors (Lipinski definition) is 1. The molecule has 0 unspecified atom stereocenters. The minimum Gasteiger partial charge on any atom is -0.361 e. The van der Waals surface area contributed by atoms with Gasteiger partial charge in [-0.3, -0.25) is 4.79 Å². The van der Waals surface area contributed by atoms with E-state index in [0.717, 1.165) is 19.1 Å². The van der Waals surface area contributed by atoms with Crippen molar-refractivity contribution in [3.8, 4) is 0 Å². The summed E-state index contributed by atoms with van der Waals surface area (Å²) in [6.07, 6.45) is 6.74. The Morgan fingerprint density at radius 3 is 2.31 bits per heavy atom. The molecule has 0 aromatic heterocycles. The summed E-state index contributed by atoms with van der Waals surface area (Å²) >= 11 is 0. The molecule has 90 valence electrons. The molecule has 0 N–H and O–H groups in total. The Hall–Kier alpha value is -1.15. The number of rotatable bonds is 2. The number of nitrogens with zero attached hydrogens (tertiary/aromatic N) is 3. The van der Waals surface area contributed by atoms with Crippen LogP contribution in [0.25, 0.3) is 5.53 Å². The van der Waals surface area contributed by atoms with Gasteiger partial charge in [0.25, 0.3) is 0 Å². The Labute approximate surface area is 97.3 Å². The smallest absolute Gasteiger partial charge is 0.344 e. The molecule has 0 aromatic rings. The molecule has 0 aliphatic heterocycles. The zero-order chi connectivity index (χ0) is 12.2. The first-order valence-corrected chi connectivity index (χ1v) is 5.97. The van der Waals surface area contributed by atoms with Gasteiger partial charge in [0.1, 0.15) is 0 Å². The SMILES string of the molecule is CC(C)(C)N(C(=O)C=[N+]=[N-])C1CCCCC1. The molecule has 0 spiro atoms. The van der Waals surface area contributed by atoms with E-state index in [0.29, 0.717) is 6.04 Å². The first-order chi connectivity index (χ1) is 7.46. The van der Waals surface area contributed by atoms with Crippen molar-refractivity contribution < 1.29 is 9.58 Å². The molecule has 1 amide bonds. The number of carbonyl (C=O) groups is 1. The Kier molecular flexibility index (Phi) is 4.25. The third-order valence-electron chi connectivity index (χ3n) is 3.07. The second kappa shape index (κ2) is 5.26. The van der Waals surface area contributed by atoms with Crippen molar-refractivity contribution in [3.05, 3.63) is 5.53 Å². The van der Waals surface area contributed by atoms with Gasteiger partial charge in [-0.05, 0) is 33.6 Å². The van der Waals surface area contributed by atoms with Crippen molar-refractivity contribution in [3.63, 3.8) is 0 Å². The lowest BCUT2D eigenvalue weighted by atomic mass is 9.90. The highest BCUT2D eigenvalue weighted by Gasteiger charge is 2.34. The van der Waals surface area contributed by atoms with Crippen LogP contribution in [0.1, 0.15) is 52.9 Å². The first kappa shape index (κ1) is 12.9. The average Bonchev–Trinajstić information content (AvgIpc) is 2.17. The van der Waals surface area contributed by atoms with Crippen LogP contribution in [0.5, 0.6) is 0 Å². The molecule has 4 heteroatoms. The van der Waals surface area contributed by atoms with Crippen molar-refractivity contribution in [1.82, 2.24) is 4.90 Å². The maximum absolute atomic E-state index is 11.9. The van der Waals surface area contributed by atoms with Crippen molar-refractivity contribution in [2.75, 3.05) is 0 Å². The van der Waals surface area contributed by atoms with Gasteiger partial charge in [-0.2, -0.15) is 4.79 Å². The summed E-state index contributed by atoms with van der Waals surface area (Å²) < 4.78 is 0. The molecule has 4 nitrogen and oxygen atoms in total. The largest absolute Gasteiger partial charge is 0.361 e. The Morgan fingerprint density at radius 2 is 1.88 bits per heavy atom. The van der Waals surface area contributed by atoms with Gasteiger partial charge in [0.2, 0.25) is 0 Å². The minimum atomic E-state index is -0.222. The van der Waals surface area contributed by atoms with Gasteiger partial charge in [-0.25, -0.2) is 0 Å². The minimum absolute atomic E-state index is 0.193. The van der Waals surface area contributed by atoms with Crippen LogP contribution in [-0.2, 0) is 4.79 Å². The molecule has 16 heavy (non-hydrogen) atoms. The van der Waals surface area contributed by atoms with Crippen molar-refractivity contribution in [2.24, 2.45) is 0 Å². The lowest BCUT2D eigenvalue weighted by molar-refractivity contribution is -0.135. The Bertz CT molecular complexity index is 294. The first-order valence-electron chi connectivity index (χ1n) is 5.97. The van der Waals surface area contributed by atoms with E-state index in [1.807, 2.05) is 25.7 Å². The van der Waals surface area contributed by atoms with Gasteiger partial charge in [-0.15, -0.1) is 0 Å². The summed E-state index contributed by atoms with van der Waals surface area (Å²) in [5.74, 6) is -0.193. The van der Waals surface area contributed by atoms with E-state index in [1.165, 1.54) is 19.3 Å². The van der Waals surface area contributed by atoms with E-state index >= 15 is 0 Å². The van der Waals surface area contributed by atoms with Crippen LogP contribution in [0.4, 0.5) is 0 Å². The summed E-state index contributed by atoms with van der Waals surface area (Å²) in [6.45, 7) is 6.06. The summed E-state index contributed by atoms with van der Waals surface area (Å²) in [7, 11) is 0. The maximum atomic E-state index is 11.9. The van der Waals surface area contributed by atoms with Gasteiger partial charge in [0, 0.05) is 11.6 Å². The van der Waals surface area contributed by atoms with E-state index in [1.54, 1.807) is 0 Å². The summed E-state index contributed by atoms with van der Waals surface area (Å²) in [5, 5.41) is 0. The van der Waals surface area contributed by atoms with Crippen LogP contribution in [0, 0.1) is 0 Å². The van der Waals surface area contributed by atoms with E-state index < -0.39 is 0 Å². The maximum Gasteiger partial charge on any atom is 0.344 e. The highest BCUT2D eigenvalue weighted by molar-refractivity contribution is 6.24. The zero-order valence-electron chi connectivity index (χ0n) is 10.4. The van der Waals surface area contributed by atoms with E-state index in [2.05, 4.69) is 4.79 Å². The monoisotopic (exact) mass is 223 g/mol. The van der Waals surface area contributed by atoms with Crippen LogP contribution >= 0.6 is 0 Å². The molecule has 0 radical (unpaired) electrons. The Morgan fingerprint density at radius 1 is 1.31 bits per heavy atom. The molecule has 1 aliphatic rings. The van der Waals surface area contributed by atoms with Gasteiger partial charge in [-0.1, -0.05) is 19.3 Å². The number of amides is 1. The molecule has 1 aliphatic carbocycles. The quantitative estimate of drug-likeness (QED) is 0.402. The van der Waals surface area contributed by atoms with Gasteiger partial charge in [0.15, 0.2) is 0 Å². The summed E-state index contributed by atoms with van der Waals surface area (Å²) in [6, 6.07) is 0.291. The standard InChI is InChI=1S/C12H21N3O/c1-12(2,3)15(11(16)9-14-13)10-7-5-4-6-8-10/h9-10H,4-8H2,1-3H3. The molecule has 0 aromatic carbocycles. The normalized spacial score (nSPS) is 17.7. The molecule has 0 heterocycles. The van der Waals surface area contributed by atoms with Gasteiger partial charge >= 0.3 is 12.1 Å². The lowest BCUT2D eigenvalue weighted by Gasteiger charge is -2.41. The van der Waals surface area contributed by atoms with E-state index in [9.17, 15) is 4.79 Å². The number of carbonyl (C=O) groups excluding carboxylic acids is 1. The van der Waals surface area contributed by atoms with Crippen LogP contribution in [0.3, 0.4) is 0 Å². The summed E-state index contributed by atoms with van der Waals surface area (Å²) in [5.41, 5.74) is 8.25. The molecule has 0 atom stereocenters. The van der Waals surface area contributed by atoms with Crippen LogP contribution in [0.15, 0.2) is 0 Å². The lowest BCUT2D eigenvalue weighted by Crippen LogP contribution is -2.52. The second-order valence-electron chi connectivity index (χ2n) is 5.42. The zero-order valence-corrected chi connectivity index (χ0v) is 10.4. The fraction of sp³-hybridized carbons (Fsp3) is 0.833. The van der Waals surface area contributed by atoms with Crippen molar-refractivity contribution >= 4 is 12.1 Å². The molecular weight excluding hydrogens is 202 g/mol. The highest BCUT2D eigenvalue weighted by atomic mass is 16.2. The fourth-order valence-corrected chi connectivity index (χ4v) is 2.51. The highest BCUT2D eigenvalue weighted by Crippen LogP contribution is 2.27. The molecule has 0 bridgehead atoms. The van der Waals surface area contributed by atoms with Crippen LogP contribution < -0.4 is 0 Å². The molecule has 0 saturated heterocycles. The third kappa shape index (κ3) is 3.17. The predicted octanol–water partition coefficient (Wildman–Crippen LogP) is 2.25. The van der Waals surface area contributed by atoms with Gasteiger partial charge < -0.3 is 10.4 Å². The van der Waals surface area contributed by atoms with Crippen molar-refractivity contribution in [1.29, 1.82) is 0 Å². The molecular formula is C12H21N3O. The third-order valence-corrected chi connectivity index (χ3v) is 3.07. The Balaban J connectivity index is 2.85. The fourth-order valence-electron chi connectivity index (χ4n) is 2.51.